The van der Waals surface area contributed by atoms with Crippen molar-refractivity contribution in [3.8, 4) is 11.5 Å². The fourth-order valence-electron chi connectivity index (χ4n) is 3.91. The van der Waals surface area contributed by atoms with Gasteiger partial charge in [-0.1, -0.05) is 19.9 Å². The van der Waals surface area contributed by atoms with Crippen molar-refractivity contribution in [2.75, 3.05) is 33.9 Å². The lowest BCUT2D eigenvalue weighted by Crippen LogP contribution is -2.25. The van der Waals surface area contributed by atoms with Crippen molar-refractivity contribution in [2.45, 2.75) is 39.4 Å². The highest BCUT2D eigenvalue weighted by atomic mass is 19.4. The number of aryl methyl sites for hydroxylation is 1. The van der Waals surface area contributed by atoms with Gasteiger partial charge in [-0.05, 0) is 62.0 Å². The predicted octanol–water partition coefficient (Wildman–Crippen LogP) is 5.40. The van der Waals surface area contributed by atoms with Gasteiger partial charge in [-0.15, -0.1) is 0 Å². The van der Waals surface area contributed by atoms with Gasteiger partial charge in [0.2, 0.25) is 0 Å². The Kier molecular flexibility index (Phi) is 7.66. The monoisotopic (exact) mass is 449 g/mol. The van der Waals surface area contributed by atoms with Crippen molar-refractivity contribution < 1.29 is 22.6 Å². The third kappa shape index (κ3) is 5.35. The fourth-order valence-corrected chi connectivity index (χ4v) is 3.91. The molecule has 0 amide bonds. The van der Waals surface area contributed by atoms with Crippen molar-refractivity contribution >= 4 is 11.0 Å². The molecule has 0 atom stereocenters. The predicted molar refractivity (Wildman–Crippen MR) is 119 cm³/mol. The summed E-state index contributed by atoms with van der Waals surface area (Å²) in [5.41, 5.74) is 1.33. The Morgan fingerprint density at radius 3 is 2.31 bits per heavy atom. The second kappa shape index (κ2) is 10.3. The minimum Gasteiger partial charge on any atom is -0.493 e. The molecule has 0 saturated heterocycles. The van der Waals surface area contributed by atoms with Crippen LogP contribution in [0, 0.1) is 0 Å². The molecule has 0 aliphatic heterocycles. The zero-order valence-electron chi connectivity index (χ0n) is 19.0. The van der Waals surface area contributed by atoms with Crippen molar-refractivity contribution in [3.05, 3.63) is 53.3 Å². The number of ether oxygens (including phenoxy) is 2. The Bertz CT molecular complexity index is 1040. The first kappa shape index (κ1) is 23.9. The highest BCUT2D eigenvalue weighted by Gasteiger charge is 2.31. The number of halogens is 3. The van der Waals surface area contributed by atoms with Gasteiger partial charge in [0, 0.05) is 13.0 Å². The molecular weight excluding hydrogens is 419 g/mol. The Balaban J connectivity index is 1.97. The largest absolute Gasteiger partial charge is 0.493 e. The molecule has 0 spiro atoms. The highest BCUT2D eigenvalue weighted by molar-refractivity contribution is 5.77. The molecule has 0 aliphatic rings. The van der Waals surface area contributed by atoms with Gasteiger partial charge in [-0.25, -0.2) is 4.98 Å². The Hall–Kier alpha value is -2.74. The number of imidazole rings is 1. The van der Waals surface area contributed by atoms with Crippen LogP contribution in [0.15, 0.2) is 36.4 Å². The Labute approximate surface area is 186 Å². The number of alkyl halides is 3. The van der Waals surface area contributed by atoms with Crippen LogP contribution in [-0.2, 0) is 19.1 Å². The molecule has 0 saturated carbocycles. The molecule has 0 unspecified atom stereocenters. The van der Waals surface area contributed by atoms with Gasteiger partial charge >= 0.3 is 6.18 Å². The van der Waals surface area contributed by atoms with Gasteiger partial charge in [-0.3, -0.25) is 0 Å². The lowest BCUT2D eigenvalue weighted by Gasteiger charge is -2.18. The van der Waals surface area contributed by atoms with Gasteiger partial charge < -0.3 is 18.9 Å². The van der Waals surface area contributed by atoms with Gasteiger partial charge in [0.15, 0.2) is 11.5 Å². The first-order valence-electron chi connectivity index (χ1n) is 10.8. The molecule has 1 heterocycles. The third-order valence-electron chi connectivity index (χ3n) is 5.72. The SMILES string of the molecule is CCN(CC)CCCn1c(Cc2ccc(OC)c(OC)c2)nc2cc(C(F)(F)F)ccc21. The normalized spacial score (nSPS) is 12.0. The van der Waals surface area contributed by atoms with Crippen LogP contribution < -0.4 is 9.47 Å². The fraction of sp³-hybridized carbons (Fsp3) is 0.458. The van der Waals surface area contributed by atoms with E-state index in [9.17, 15) is 13.2 Å². The molecule has 0 fully saturated rings. The first-order valence-corrected chi connectivity index (χ1v) is 10.8. The van der Waals surface area contributed by atoms with Crippen molar-refractivity contribution in [2.24, 2.45) is 0 Å². The second-order valence-electron chi connectivity index (χ2n) is 7.63. The van der Waals surface area contributed by atoms with Crippen molar-refractivity contribution in [1.82, 2.24) is 14.5 Å². The van der Waals surface area contributed by atoms with Crippen LogP contribution in [0.5, 0.6) is 11.5 Å². The quantitative estimate of drug-likeness (QED) is 0.416. The van der Waals surface area contributed by atoms with Gasteiger partial charge in [-0.2, -0.15) is 13.2 Å². The number of hydrogen-bond donors (Lipinski definition) is 0. The van der Waals surface area contributed by atoms with E-state index in [1.807, 2.05) is 22.8 Å². The van der Waals surface area contributed by atoms with Crippen LogP contribution in [0.2, 0.25) is 0 Å². The Morgan fingerprint density at radius 2 is 1.69 bits per heavy atom. The van der Waals surface area contributed by atoms with Gasteiger partial charge in [0.05, 0.1) is 30.8 Å². The zero-order valence-corrected chi connectivity index (χ0v) is 19.0. The van der Waals surface area contributed by atoms with Crippen LogP contribution in [0.4, 0.5) is 13.2 Å². The maximum absolute atomic E-state index is 13.2. The number of rotatable bonds is 10. The molecule has 0 N–H and O–H groups in total. The van der Waals surface area contributed by atoms with E-state index in [1.54, 1.807) is 14.2 Å². The molecule has 3 aromatic rings. The number of nitrogens with zero attached hydrogens (tertiary/aromatic N) is 3. The number of fused-ring (bicyclic) bond motifs is 1. The van der Waals surface area contributed by atoms with Gasteiger partial charge in [0.1, 0.15) is 5.82 Å². The number of aromatic nitrogens is 2. The summed E-state index contributed by atoms with van der Waals surface area (Å²) < 4.78 is 52.4. The van der Waals surface area contributed by atoms with E-state index in [1.165, 1.54) is 6.07 Å². The number of benzene rings is 2. The molecular formula is C24H30F3N3O2. The van der Waals surface area contributed by atoms with E-state index >= 15 is 0 Å². The molecule has 0 radical (unpaired) electrons. The third-order valence-corrected chi connectivity index (χ3v) is 5.72. The summed E-state index contributed by atoms with van der Waals surface area (Å²) >= 11 is 0. The highest BCUT2D eigenvalue weighted by Crippen LogP contribution is 2.33. The molecule has 5 nitrogen and oxygen atoms in total. The minimum absolute atomic E-state index is 0.359. The summed E-state index contributed by atoms with van der Waals surface area (Å²) in [6, 6.07) is 9.41. The van der Waals surface area contributed by atoms with E-state index in [2.05, 4.69) is 23.7 Å². The molecule has 3 rings (SSSR count). The maximum atomic E-state index is 13.2. The molecule has 0 aliphatic carbocycles. The van der Waals surface area contributed by atoms with Crippen LogP contribution in [-0.4, -0.2) is 48.3 Å². The number of hydrogen-bond acceptors (Lipinski definition) is 4. The molecule has 174 valence electrons. The average molecular weight is 450 g/mol. The molecule has 0 bridgehead atoms. The van der Waals surface area contributed by atoms with E-state index in [-0.39, 0.29) is 0 Å². The first-order chi connectivity index (χ1) is 15.3. The summed E-state index contributed by atoms with van der Waals surface area (Å²) in [5, 5.41) is 0. The Morgan fingerprint density at radius 1 is 0.969 bits per heavy atom. The van der Waals surface area contributed by atoms with E-state index in [0.717, 1.165) is 49.6 Å². The lowest BCUT2D eigenvalue weighted by molar-refractivity contribution is -0.137. The minimum atomic E-state index is -4.40. The molecule has 2 aromatic carbocycles. The molecule has 8 heteroatoms. The summed E-state index contributed by atoms with van der Waals surface area (Å²) in [6.07, 6.45) is -3.04. The standard InChI is InChI=1S/C24H30F3N3O2/c1-5-29(6-2)12-7-13-30-20-10-9-18(24(25,26)27)16-19(20)28-23(30)15-17-8-11-21(31-3)22(14-17)32-4/h8-11,14,16H,5-7,12-13,15H2,1-4H3. The van der Waals surface area contributed by atoms with Crippen molar-refractivity contribution in [1.29, 1.82) is 0 Å². The van der Waals surface area contributed by atoms with E-state index in [0.29, 0.717) is 35.5 Å². The number of methoxy groups -OCH3 is 2. The lowest BCUT2D eigenvalue weighted by atomic mass is 10.1. The van der Waals surface area contributed by atoms with Crippen LogP contribution in [0.1, 0.15) is 37.2 Å². The van der Waals surface area contributed by atoms with Crippen LogP contribution >= 0.6 is 0 Å². The summed E-state index contributed by atoms with van der Waals surface area (Å²) in [7, 11) is 3.15. The summed E-state index contributed by atoms with van der Waals surface area (Å²) in [6.45, 7) is 7.78. The zero-order chi connectivity index (χ0) is 23.3. The van der Waals surface area contributed by atoms with Crippen LogP contribution in [0.3, 0.4) is 0 Å². The van der Waals surface area contributed by atoms with Crippen molar-refractivity contribution in [3.63, 3.8) is 0 Å². The smallest absolute Gasteiger partial charge is 0.416 e. The second-order valence-corrected chi connectivity index (χ2v) is 7.63. The molecule has 32 heavy (non-hydrogen) atoms. The molecule has 1 aromatic heterocycles. The maximum Gasteiger partial charge on any atom is 0.416 e. The van der Waals surface area contributed by atoms with Crippen LogP contribution in [0.25, 0.3) is 11.0 Å². The average Bonchev–Trinajstić information content (AvgIpc) is 3.12. The summed E-state index contributed by atoms with van der Waals surface area (Å²) in [5.74, 6) is 1.96. The van der Waals surface area contributed by atoms with Gasteiger partial charge in [0.25, 0.3) is 0 Å². The topological polar surface area (TPSA) is 39.5 Å². The van der Waals surface area contributed by atoms with E-state index in [4.69, 9.17) is 9.47 Å². The summed E-state index contributed by atoms with van der Waals surface area (Å²) in [4.78, 5) is 6.92. The van der Waals surface area contributed by atoms with E-state index < -0.39 is 11.7 Å².